The Morgan fingerprint density at radius 2 is 2.30 bits per heavy atom. The fraction of sp³-hybridized carbons (Fsp3) is 0.800. The van der Waals surface area contributed by atoms with Crippen molar-refractivity contribution in [3.8, 4) is 0 Å². The Bertz CT molecular complexity index is 152. The van der Waals surface area contributed by atoms with Crippen molar-refractivity contribution in [3.63, 3.8) is 0 Å². The second-order valence-electron chi connectivity index (χ2n) is 2.03. The maximum absolute atomic E-state index is 10.3. The average Bonchev–Trinajstić information content (AvgIpc) is 2.04. The summed E-state index contributed by atoms with van der Waals surface area (Å²) >= 11 is 0. The van der Waals surface area contributed by atoms with E-state index in [1.54, 1.807) is 6.92 Å². The zero-order valence-corrected chi connectivity index (χ0v) is 5.40. The third-order valence-corrected chi connectivity index (χ3v) is 1.26. The molecule has 1 rings (SSSR count). The summed E-state index contributed by atoms with van der Waals surface area (Å²) in [6, 6.07) is 0. The fourth-order valence-corrected chi connectivity index (χ4v) is 0.755. The molecule has 5 nitrogen and oxygen atoms in total. The molecule has 1 atom stereocenters. The smallest absolute Gasteiger partial charge is 0.421 e. The first kappa shape index (κ1) is 7.30. The Kier molecular flexibility index (Phi) is 1.53. The van der Waals surface area contributed by atoms with Gasteiger partial charge in [0.25, 0.3) is 0 Å². The lowest BCUT2D eigenvalue weighted by molar-refractivity contribution is -0.309. The highest BCUT2D eigenvalue weighted by Gasteiger charge is 2.48. The molecule has 0 aromatic heterocycles. The maximum Gasteiger partial charge on any atom is 0.513 e. The molecule has 0 aliphatic carbocycles. The second-order valence-corrected chi connectivity index (χ2v) is 2.03. The lowest BCUT2D eigenvalue weighted by Gasteiger charge is -2.15. The lowest BCUT2D eigenvalue weighted by atomic mass is 10.2. The van der Waals surface area contributed by atoms with Crippen molar-refractivity contribution < 1.29 is 24.5 Å². The number of aliphatic hydroxyl groups is 2. The van der Waals surface area contributed by atoms with Gasteiger partial charge in [0.1, 0.15) is 0 Å². The van der Waals surface area contributed by atoms with Crippen molar-refractivity contribution in [1.29, 1.82) is 0 Å². The van der Waals surface area contributed by atoms with Crippen molar-refractivity contribution in [2.75, 3.05) is 0 Å². The van der Waals surface area contributed by atoms with Crippen molar-refractivity contribution >= 4 is 6.16 Å². The van der Waals surface area contributed by atoms with Gasteiger partial charge in [-0.1, -0.05) is 6.92 Å². The molecule has 0 spiro atoms. The van der Waals surface area contributed by atoms with Gasteiger partial charge in [-0.3, -0.25) is 0 Å². The van der Waals surface area contributed by atoms with E-state index in [2.05, 4.69) is 9.47 Å². The highest BCUT2D eigenvalue weighted by Crippen LogP contribution is 2.23. The van der Waals surface area contributed by atoms with Gasteiger partial charge in [-0.05, 0) is 6.42 Å². The van der Waals surface area contributed by atoms with E-state index in [4.69, 9.17) is 10.2 Å². The van der Waals surface area contributed by atoms with E-state index in [0.717, 1.165) is 0 Å². The molecule has 10 heavy (non-hydrogen) atoms. The predicted octanol–water partition coefficient (Wildman–Crippen LogP) is -0.430. The number of rotatable bonds is 1. The van der Waals surface area contributed by atoms with Crippen molar-refractivity contribution in [2.45, 2.75) is 25.4 Å². The van der Waals surface area contributed by atoms with Gasteiger partial charge >= 0.3 is 12.1 Å². The molecule has 0 saturated carbocycles. The summed E-state index contributed by atoms with van der Waals surface area (Å²) in [5, 5.41) is 17.6. The molecule has 1 heterocycles. The molecule has 0 amide bonds. The van der Waals surface area contributed by atoms with Crippen LogP contribution in [0.1, 0.15) is 13.3 Å². The van der Waals surface area contributed by atoms with E-state index >= 15 is 0 Å². The molecule has 1 fully saturated rings. The fourth-order valence-electron chi connectivity index (χ4n) is 0.755. The minimum Gasteiger partial charge on any atom is -0.421 e. The monoisotopic (exact) mass is 148 g/mol. The minimum absolute atomic E-state index is 0.304. The van der Waals surface area contributed by atoms with Gasteiger partial charge in [0, 0.05) is 0 Å². The summed E-state index contributed by atoms with van der Waals surface area (Å²) < 4.78 is 8.37. The molecule has 0 aromatic carbocycles. The summed E-state index contributed by atoms with van der Waals surface area (Å²) in [5.41, 5.74) is 0. The van der Waals surface area contributed by atoms with Crippen LogP contribution in [-0.4, -0.2) is 28.4 Å². The highest BCUT2D eigenvalue weighted by atomic mass is 16.9. The summed E-state index contributed by atoms with van der Waals surface area (Å²) in [6.45, 7) is 1.65. The van der Waals surface area contributed by atoms with Crippen LogP contribution in [0.5, 0.6) is 0 Å². The van der Waals surface area contributed by atoms with Crippen LogP contribution in [0.15, 0.2) is 0 Å². The normalized spacial score (nSPS) is 29.5. The van der Waals surface area contributed by atoms with Crippen LogP contribution in [0.4, 0.5) is 4.79 Å². The van der Waals surface area contributed by atoms with Gasteiger partial charge in [0.2, 0.25) is 0 Å². The minimum atomic E-state index is -2.44. The molecule has 1 aliphatic heterocycles. The Labute approximate surface area is 57.2 Å². The molecule has 0 radical (unpaired) electrons. The Morgan fingerprint density at radius 1 is 1.70 bits per heavy atom. The summed E-state index contributed by atoms with van der Waals surface area (Å²) in [6.07, 6.45) is -1.71. The van der Waals surface area contributed by atoms with Gasteiger partial charge in [-0.2, -0.15) is 0 Å². The average molecular weight is 148 g/mol. The molecule has 1 saturated heterocycles. The van der Waals surface area contributed by atoms with Crippen LogP contribution in [0.25, 0.3) is 0 Å². The highest BCUT2D eigenvalue weighted by molar-refractivity contribution is 5.62. The van der Waals surface area contributed by atoms with Crippen LogP contribution in [0, 0.1) is 0 Å². The number of hydrogen-bond donors (Lipinski definition) is 2. The van der Waals surface area contributed by atoms with Crippen LogP contribution in [0.2, 0.25) is 0 Å². The molecular formula is C5H8O5. The van der Waals surface area contributed by atoms with E-state index in [1.807, 2.05) is 0 Å². The molecule has 58 valence electrons. The van der Waals surface area contributed by atoms with Gasteiger partial charge in [0.15, 0.2) is 6.10 Å². The van der Waals surface area contributed by atoms with E-state index in [9.17, 15) is 4.79 Å². The lowest BCUT2D eigenvalue weighted by Crippen LogP contribution is -2.38. The third kappa shape index (κ3) is 1.05. The molecule has 0 aromatic rings. The Morgan fingerprint density at radius 3 is 2.50 bits per heavy atom. The number of carbonyl (C=O) groups is 1. The molecule has 5 heteroatoms. The predicted molar refractivity (Wildman–Crippen MR) is 28.8 cm³/mol. The van der Waals surface area contributed by atoms with Crippen LogP contribution >= 0.6 is 0 Å². The zero-order chi connectivity index (χ0) is 7.78. The van der Waals surface area contributed by atoms with Crippen LogP contribution in [0.3, 0.4) is 0 Å². The van der Waals surface area contributed by atoms with Crippen molar-refractivity contribution in [2.24, 2.45) is 0 Å². The number of cyclic esters (lactones) is 2. The van der Waals surface area contributed by atoms with Crippen LogP contribution in [-0.2, 0) is 9.47 Å². The topological polar surface area (TPSA) is 76.0 Å². The number of ether oxygens (including phenoxy) is 2. The van der Waals surface area contributed by atoms with Gasteiger partial charge in [0.05, 0.1) is 0 Å². The van der Waals surface area contributed by atoms with E-state index < -0.39 is 18.2 Å². The first-order chi connectivity index (χ1) is 4.56. The summed E-state index contributed by atoms with van der Waals surface area (Å²) in [4.78, 5) is 10.3. The summed E-state index contributed by atoms with van der Waals surface area (Å²) in [7, 11) is 0. The van der Waals surface area contributed by atoms with E-state index in [-0.39, 0.29) is 0 Å². The maximum atomic E-state index is 10.3. The Hall–Kier alpha value is -0.810. The summed E-state index contributed by atoms with van der Waals surface area (Å²) in [5.74, 6) is -2.44. The molecule has 1 aliphatic rings. The Balaban J connectivity index is 2.67. The van der Waals surface area contributed by atoms with Crippen molar-refractivity contribution in [3.05, 3.63) is 0 Å². The first-order valence-electron chi connectivity index (χ1n) is 2.90. The van der Waals surface area contributed by atoms with Crippen LogP contribution < -0.4 is 0 Å². The largest absolute Gasteiger partial charge is 0.513 e. The first-order valence-corrected chi connectivity index (χ1v) is 2.90. The third-order valence-electron chi connectivity index (χ3n) is 1.26. The quantitative estimate of drug-likeness (QED) is 0.389. The molecule has 1 unspecified atom stereocenters. The zero-order valence-electron chi connectivity index (χ0n) is 5.40. The van der Waals surface area contributed by atoms with E-state index in [1.165, 1.54) is 0 Å². The molecular weight excluding hydrogens is 140 g/mol. The molecule has 2 N–H and O–H groups in total. The number of carbonyl (C=O) groups excluding carboxylic acids is 1. The van der Waals surface area contributed by atoms with E-state index in [0.29, 0.717) is 6.42 Å². The molecule has 0 bridgehead atoms. The standard InChI is InChI=1S/C5H8O5/c1-2-3-5(7,8)10-4(6)9-3/h3,7-8H,2H2,1H3. The van der Waals surface area contributed by atoms with Gasteiger partial charge in [-0.25, -0.2) is 4.79 Å². The second kappa shape index (κ2) is 2.10. The SMILES string of the molecule is CCC1OC(=O)OC1(O)O. The number of hydrogen-bond acceptors (Lipinski definition) is 5. The van der Waals surface area contributed by atoms with Gasteiger partial charge in [-0.15, -0.1) is 0 Å². The van der Waals surface area contributed by atoms with Gasteiger partial charge < -0.3 is 19.7 Å². The van der Waals surface area contributed by atoms with Crippen molar-refractivity contribution in [1.82, 2.24) is 0 Å².